The molecule has 1 aliphatic carbocycles. The van der Waals surface area contributed by atoms with Gasteiger partial charge in [0.05, 0.1) is 5.92 Å². The molecule has 16 heavy (non-hydrogen) atoms. The van der Waals surface area contributed by atoms with Crippen LogP contribution in [0.5, 0.6) is 0 Å². The summed E-state index contributed by atoms with van der Waals surface area (Å²) in [5.41, 5.74) is 5.93. The molecule has 0 saturated heterocycles. The van der Waals surface area contributed by atoms with E-state index in [0.717, 1.165) is 5.56 Å². The van der Waals surface area contributed by atoms with Crippen LogP contribution in [0, 0.1) is 5.92 Å². The van der Waals surface area contributed by atoms with Crippen molar-refractivity contribution in [3.05, 3.63) is 33.8 Å². The van der Waals surface area contributed by atoms with Gasteiger partial charge in [-0.3, -0.25) is 4.79 Å². The lowest BCUT2D eigenvalue weighted by atomic mass is 10.1. The van der Waals surface area contributed by atoms with E-state index in [1.807, 2.05) is 0 Å². The fourth-order valence-corrected chi connectivity index (χ4v) is 3.24. The largest absolute Gasteiger partial charge is 0.369 e. The summed E-state index contributed by atoms with van der Waals surface area (Å²) in [5, 5.41) is 0.948. The van der Waals surface area contributed by atoms with Crippen LogP contribution >= 0.6 is 46.4 Å². The maximum atomic E-state index is 11.1. The van der Waals surface area contributed by atoms with Crippen LogP contribution in [0.15, 0.2) is 18.2 Å². The average Bonchev–Trinajstić information content (AvgIpc) is 2.67. The molecule has 0 spiro atoms. The van der Waals surface area contributed by atoms with Crippen molar-refractivity contribution in [1.82, 2.24) is 0 Å². The van der Waals surface area contributed by atoms with Crippen molar-refractivity contribution in [2.75, 3.05) is 0 Å². The van der Waals surface area contributed by atoms with Crippen molar-refractivity contribution in [3.63, 3.8) is 0 Å². The third kappa shape index (κ3) is 2.00. The highest BCUT2D eigenvalue weighted by molar-refractivity contribution is 6.53. The molecule has 86 valence electrons. The van der Waals surface area contributed by atoms with E-state index < -0.39 is 16.2 Å². The van der Waals surface area contributed by atoms with Crippen LogP contribution in [0.2, 0.25) is 10.0 Å². The van der Waals surface area contributed by atoms with Gasteiger partial charge in [0.2, 0.25) is 5.91 Å². The van der Waals surface area contributed by atoms with Crippen molar-refractivity contribution in [3.8, 4) is 0 Å². The average molecular weight is 299 g/mol. The number of benzene rings is 1. The predicted molar refractivity (Wildman–Crippen MR) is 66.3 cm³/mol. The van der Waals surface area contributed by atoms with Crippen molar-refractivity contribution < 1.29 is 4.79 Å². The molecular formula is C10H7Cl4NO. The SMILES string of the molecule is NC(=O)C1C(c2cc(Cl)cc(Cl)c2)C1(Cl)Cl. The number of primary amides is 1. The van der Waals surface area contributed by atoms with Crippen LogP contribution in [0.3, 0.4) is 0 Å². The van der Waals surface area contributed by atoms with E-state index in [1.54, 1.807) is 18.2 Å². The summed E-state index contributed by atoms with van der Waals surface area (Å²) in [5.74, 6) is -1.46. The van der Waals surface area contributed by atoms with Gasteiger partial charge in [-0.25, -0.2) is 0 Å². The van der Waals surface area contributed by atoms with Gasteiger partial charge in [0.25, 0.3) is 0 Å². The van der Waals surface area contributed by atoms with Gasteiger partial charge in [0, 0.05) is 16.0 Å². The van der Waals surface area contributed by atoms with E-state index in [2.05, 4.69) is 0 Å². The Hall–Kier alpha value is -0.150. The first kappa shape index (κ1) is 12.3. The molecule has 1 aromatic carbocycles. The van der Waals surface area contributed by atoms with E-state index in [9.17, 15) is 4.79 Å². The third-order valence-electron chi connectivity index (χ3n) is 2.60. The molecule has 2 nitrogen and oxygen atoms in total. The van der Waals surface area contributed by atoms with Gasteiger partial charge >= 0.3 is 0 Å². The van der Waals surface area contributed by atoms with Crippen LogP contribution in [0.4, 0.5) is 0 Å². The molecule has 2 atom stereocenters. The van der Waals surface area contributed by atoms with Gasteiger partial charge in [-0.05, 0) is 23.8 Å². The molecular weight excluding hydrogens is 292 g/mol. The Labute approximate surface area is 113 Å². The molecule has 2 N–H and O–H groups in total. The first-order chi connectivity index (χ1) is 7.34. The minimum Gasteiger partial charge on any atom is -0.369 e. The Morgan fingerprint density at radius 2 is 1.69 bits per heavy atom. The summed E-state index contributed by atoms with van der Waals surface area (Å²) in [6.45, 7) is 0. The maximum absolute atomic E-state index is 11.1. The highest BCUT2D eigenvalue weighted by Gasteiger charge is 2.67. The highest BCUT2D eigenvalue weighted by Crippen LogP contribution is 2.65. The number of carbonyl (C=O) groups is 1. The lowest BCUT2D eigenvalue weighted by Gasteiger charge is -2.02. The smallest absolute Gasteiger partial charge is 0.224 e. The Morgan fingerprint density at radius 1 is 1.19 bits per heavy atom. The number of alkyl halides is 2. The second-order valence-electron chi connectivity index (χ2n) is 3.74. The topological polar surface area (TPSA) is 43.1 Å². The molecule has 0 aliphatic heterocycles. The maximum Gasteiger partial charge on any atom is 0.224 e. The van der Waals surface area contributed by atoms with Crippen molar-refractivity contribution >= 4 is 52.3 Å². The lowest BCUT2D eigenvalue weighted by molar-refractivity contribution is -0.119. The molecule has 2 unspecified atom stereocenters. The molecule has 0 heterocycles. The fraction of sp³-hybridized carbons (Fsp3) is 0.300. The summed E-state index contributed by atoms with van der Waals surface area (Å²) in [7, 11) is 0. The number of hydrogen-bond acceptors (Lipinski definition) is 1. The van der Waals surface area contributed by atoms with E-state index in [0.29, 0.717) is 10.0 Å². The molecule has 1 aromatic rings. The molecule has 0 bridgehead atoms. The van der Waals surface area contributed by atoms with Crippen molar-refractivity contribution in [2.24, 2.45) is 11.7 Å². The number of amides is 1. The minimum atomic E-state index is -1.15. The molecule has 1 fully saturated rings. The Morgan fingerprint density at radius 3 is 2.06 bits per heavy atom. The second-order valence-corrected chi connectivity index (χ2v) is 6.05. The minimum absolute atomic E-state index is 0.343. The number of nitrogens with two attached hydrogens (primary N) is 1. The molecule has 6 heteroatoms. The zero-order valence-corrected chi connectivity index (χ0v) is 10.9. The second kappa shape index (κ2) is 3.95. The first-order valence-corrected chi connectivity index (χ1v) is 5.98. The van der Waals surface area contributed by atoms with Crippen LogP contribution in [0.1, 0.15) is 11.5 Å². The number of hydrogen-bond donors (Lipinski definition) is 1. The summed E-state index contributed by atoms with van der Waals surface area (Å²) < 4.78 is -1.15. The van der Waals surface area contributed by atoms with E-state index in [4.69, 9.17) is 52.1 Å². The Balaban J connectivity index is 2.37. The van der Waals surface area contributed by atoms with Crippen LogP contribution in [-0.2, 0) is 4.79 Å². The zero-order chi connectivity index (χ0) is 12.1. The monoisotopic (exact) mass is 297 g/mol. The summed E-state index contributed by atoms with van der Waals surface area (Å²) in [6.07, 6.45) is 0. The van der Waals surface area contributed by atoms with Crippen LogP contribution in [0.25, 0.3) is 0 Å². The molecule has 1 saturated carbocycles. The summed E-state index contributed by atoms with van der Waals surface area (Å²) in [6, 6.07) is 4.96. The predicted octanol–water partition coefficient (Wildman–Crippen LogP) is 3.37. The van der Waals surface area contributed by atoms with Crippen LogP contribution in [-0.4, -0.2) is 10.2 Å². The lowest BCUT2D eigenvalue weighted by Crippen LogP contribution is -2.16. The molecule has 1 amide bonds. The van der Waals surface area contributed by atoms with E-state index in [-0.39, 0.29) is 5.92 Å². The van der Waals surface area contributed by atoms with Gasteiger partial charge in [-0.1, -0.05) is 23.2 Å². The fourth-order valence-electron chi connectivity index (χ4n) is 1.85. The Bertz CT molecular complexity index is 440. The molecule has 0 radical (unpaired) electrons. The first-order valence-electron chi connectivity index (χ1n) is 4.47. The van der Waals surface area contributed by atoms with Crippen LogP contribution < -0.4 is 5.73 Å². The van der Waals surface area contributed by atoms with Gasteiger partial charge in [-0.2, -0.15) is 0 Å². The molecule has 0 aromatic heterocycles. The molecule has 2 rings (SSSR count). The van der Waals surface area contributed by atoms with E-state index >= 15 is 0 Å². The zero-order valence-electron chi connectivity index (χ0n) is 7.88. The summed E-state index contributed by atoms with van der Waals surface area (Å²) >= 11 is 23.7. The third-order valence-corrected chi connectivity index (χ3v) is 3.98. The van der Waals surface area contributed by atoms with E-state index in [1.165, 1.54) is 0 Å². The summed E-state index contributed by atoms with van der Waals surface area (Å²) in [4.78, 5) is 11.1. The van der Waals surface area contributed by atoms with Gasteiger partial charge < -0.3 is 5.73 Å². The Kier molecular flexibility index (Phi) is 3.04. The van der Waals surface area contributed by atoms with Crippen molar-refractivity contribution in [1.29, 1.82) is 0 Å². The highest BCUT2D eigenvalue weighted by atomic mass is 35.5. The molecule has 1 aliphatic rings. The van der Waals surface area contributed by atoms with Gasteiger partial charge in [-0.15, -0.1) is 23.2 Å². The van der Waals surface area contributed by atoms with Gasteiger partial charge in [0.15, 0.2) is 0 Å². The standard InChI is InChI=1S/C10H7Cl4NO/c11-5-1-4(2-6(12)3-5)7-8(9(15)16)10(7,13)14/h1-3,7-8H,(H2,15,16). The van der Waals surface area contributed by atoms with Gasteiger partial charge in [0.1, 0.15) is 4.33 Å². The number of halogens is 4. The number of carbonyl (C=O) groups excluding carboxylic acids is 1. The number of rotatable bonds is 2. The normalized spacial score (nSPS) is 26.5. The quantitative estimate of drug-likeness (QED) is 0.836. The van der Waals surface area contributed by atoms with Crippen molar-refractivity contribution in [2.45, 2.75) is 10.3 Å².